The highest BCUT2D eigenvalue weighted by Crippen LogP contribution is 2.16. The Bertz CT molecular complexity index is 769. The Morgan fingerprint density at radius 2 is 1.92 bits per heavy atom. The SMILES string of the molecule is O=C(O)CN(C(=O)Cc1ccn(-c2ccc(F)cc2)n1)C1CCOCC1. The van der Waals surface area contributed by atoms with Crippen LogP contribution in [0.3, 0.4) is 0 Å². The fourth-order valence-corrected chi connectivity index (χ4v) is 3.01. The monoisotopic (exact) mass is 361 g/mol. The maximum Gasteiger partial charge on any atom is 0.323 e. The van der Waals surface area contributed by atoms with Crippen molar-refractivity contribution in [1.29, 1.82) is 0 Å². The van der Waals surface area contributed by atoms with Crippen molar-refractivity contribution in [2.75, 3.05) is 19.8 Å². The fraction of sp³-hybridized carbons (Fsp3) is 0.389. The van der Waals surface area contributed by atoms with E-state index < -0.39 is 5.97 Å². The summed E-state index contributed by atoms with van der Waals surface area (Å²) in [6, 6.07) is 7.42. The highest BCUT2D eigenvalue weighted by Gasteiger charge is 2.28. The number of hydrogen-bond acceptors (Lipinski definition) is 4. The van der Waals surface area contributed by atoms with Crippen LogP contribution in [0.25, 0.3) is 5.69 Å². The van der Waals surface area contributed by atoms with Gasteiger partial charge in [-0.1, -0.05) is 0 Å². The molecule has 1 fully saturated rings. The number of carboxylic acids is 1. The van der Waals surface area contributed by atoms with Crippen molar-refractivity contribution in [1.82, 2.24) is 14.7 Å². The van der Waals surface area contributed by atoms with Gasteiger partial charge in [0.05, 0.1) is 17.8 Å². The van der Waals surface area contributed by atoms with Crippen LogP contribution in [-0.4, -0.2) is 57.5 Å². The minimum Gasteiger partial charge on any atom is -0.480 e. The lowest BCUT2D eigenvalue weighted by Crippen LogP contribution is -2.46. The van der Waals surface area contributed by atoms with Crippen LogP contribution in [0, 0.1) is 5.82 Å². The van der Waals surface area contributed by atoms with Gasteiger partial charge >= 0.3 is 5.97 Å². The summed E-state index contributed by atoms with van der Waals surface area (Å²) in [5.74, 6) is -1.65. The Morgan fingerprint density at radius 3 is 2.58 bits per heavy atom. The summed E-state index contributed by atoms with van der Waals surface area (Å²) in [6.07, 6.45) is 2.96. The van der Waals surface area contributed by atoms with E-state index in [1.165, 1.54) is 17.0 Å². The quantitative estimate of drug-likeness (QED) is 0.846. The molecule has 1 N–H and O–H groups in total. The number of carbonyl (C=O) groups is 2. The van der Waals surface area contributed by atoms with Crippen LogP contribution in [0.2, 0.25) is 0 Å². The molecule has 1 aromatic heterocycles. The number of halogens is 1. The summed E-state index contributed by atoms with van der Waals surface area (Å²) in [4.78, 5) is 25.2. The van der Waals surface area contributed by atoms with Crippen molar-refractivity contribution < 1.29 is 23.8 Å². The van der Waals surface area contributed by atoms with E-state index in [1.807, 2.05) is 0 Å². The van der Waals surface area contributed by atoms with Gasteiger partial charge in [-0.05, 0) is 43.2 Å². The maximum absolute atomic E-state index is 13.0. The van der Waals surface area contributed by atoms with Crippen LogP contribution < -0.4 is 0 Å². The minimum atomic E-state index is -1.04. The second kappa shape index (κ2) is 8.09. The first kappa shape index (κ1) is 18.1. The van der Waals surface area contributed by atoms with Gasteiger partial charge < -0.3 is 14.7 Å². The lowest BCUT2D eigenvalue weighted by Gasteiger charge is -2.33. The molecule has 7 nitrogen and oxygen atoms in total. The van der Waals surface area contributed by atoms with Crippen molar-refractivity contribution in [3.05, 3.63) is 48.0 Å². The number of aliphatic carboxylic acids is 1. The molecule has 1 saturated heterocycles. The molecule has 1 aliphatic heterocycles. The summed E-state index contributed by atoms with van der Waals surface area (Å²) in [6.45, 7) is 0.711. The average Bonchev–Trinajstić information content (AvgIpc) is 3.09. The standard InChI is InChI=1S/C18H20FN3O4/c19-13-1-3-16(4-2-13)22-8-5-14(20-22)11-17(23)21(12-18(24)25)15-6-9-26-10-7-15/h1-5,8,15H,6-7,9-12H2,(H,24,25). The molecule has 0 atom stereocenters. The van der Waals surface area contributed by atoms with Crippen LogP contribution >= 0.6 is 0 Å². The molecule has 0 radical (unpaired) electrons. The second-order valence-electron chi connectivity index (χ2n) is 6.16. The Balaban J connectivity index is 1.70. The van der Waals surface area contributed by atoms with E-state index in [0.29, 0.717) is 37.4 Å². The molecular weight excluding hydrogens is 341 g/mol. The lowest BCUT2D eigenvalue weighted by atomic mass is 10.1. The fourth-order valence-electron chi connectivity index (χ4n) is 3.01. The zero-order chi connectivity index (χ0) is 18.5. The van der Waals surface area contributed by atoms with Gasteiger partial charge in [0.25, 0.3) is 0 Å². The van der Waals surface area contributed by atoms with E-state index in [4.69, 9.17) is 9.84 Å². The molecule has 0 aliphatic carbocycles. The normalized spacial score (nSPS) is 15.0. The Labute approximate surface area is 150 Å². The number of amides is 1. The third kappa shape index (κ3) is 4.45. The molecule has 3 rings (SSSR count). The average molecular weight is 361 g/mol. The Hall–Kier alpha value is -2.74. The first-order valence-corrected chi connectivity index (χ1v) is 8.42. The van der Waals surface area contributed by atoms with Crippen molar-refractivity contribution in [2.24, 2.45) is 0 Å². The molecule has 2 heterocycles. The van der Waals surface area contributed by atoms with E-state index >= 15 is 0 Å². The number of hydrogen-bond donors (Lipinski definition) is 1. The van der Waals surface area contributed by atoms with E-state index in [2.05, 4.69) is 5.10 Å². The maximum atomic E-state index is 13.0. The van der Waals surface area contributed by atoms with Crippen LogP contribution in [0.1, 0.15) is 18.5 Å². The van der Waals surface area contributed by atoms with Gasteiger partial charge in [-0.2, -0.15) is 5.10 Å². The van der Waals surface area contributed by atoms with Gasteiger partial charge in [0.2, 0.25) is 5.91 Å². The highest BCUT2D eigenvalue weighted by atomic mass is 19.1. The van der Waals surface area contributed by atoms with E-state index in [-0.39, 0.29) is 30.7 Å². The smallest absolute Gasteiger partial charge is 0.323 e. The predicted octanol–water partition coefficient (Wildman–Crippen LogP) is 1.65. The largest absolute Gasteiger partial charge is 0.480 e. The lowest BCUT2D eigenvalue weighted by molar-refractivity contribution is -0.147. The van der Waals surface area contributed by atoms with Crippen LogP contribution in [0.15, 0.2) is 36.5 Å². The van der Waals surface area contributed by atoms with E-state index in [0.717, 1.165) is 0 Å². The Morgan fingerprint density at radius 1 is 1.23 bits per heavy atom. The van der Waals surface area contributed by atoms with Crippen LogP contribution in [0.5, 0.6) is 0 Å². The Kier molecular flexibility index (Phi) is 5.62. The molecule has 2 aromatic rings. The van der Waals surface area contributed by atoms with E-state index in [1.54, 1.807) is 29.1 Å². The summed E-state index contributed by atoms with van der Waals surface area (Å²) in [5, 5.41) is 13.5. The van der Waals surface area contributed by atoms with Crippen molar-refractivity contribution in [3.8, 4) is 5.69 Å². The first-order valence-electron chi connectivity index (χ1n) is 8.42. The summed E-state index contributed by atoms with van der Waals surface area (Å²) in [7, 11) is 0. The van der Waals surface area contributed by atoms with Gasteiger partial charge in [-0.15, -0.1) is 0 Å². The number of rotatable bonds is 6. The molecule has 0 spiro atoms. The van der Waals surface area contributed by atoms with Gasteiger partial charge in [0, 0.05) is 25.5 Å². The number of benzene rings is 1. The molecule has 0 unspecified atom stereocenters. The van der Waals surface area contributed by atoms with Gasteiger partial charge in [-0.25, -0.2) is 9.07 Å². The van der Waals surface area contributed by atoms with Crippen molar-refractivity contribution >= 4 is 11.9 Å². The first-order chi connectivity index (χ1) is 12.5. The molecule has 1 aromatic carbocycles. The molecule has 0 bridgehead atoms. The number of aromatic nitrogens is 2. The number of carboxylic acid groups (broad SMARTS) is 1. The molecule has 1 amide bonds. The van der Waals surface area contributed by atoms with Crippen LogP contribution in [-0.2, 0) is 20.7 Å². The van der Waals surface area contributed by atoms with Gasteiger partial charge in [0.1, 0.15) is 12.4 Å². The van der Waals surface area contributed by atoms with Crippen LogP contribution in [0.4, 0.5) is 4.39 Å². The predicted molar refractivity (Wildman–Crippen MR) is 90.4 cm³/mol. The van der Waals surface area contributed by atoms with Gasteiger partial charge in [0.15, 0.2) is 0 Å². The summed E-state index contributed by atoms with van der Waals surface area (Å²) < 4.78 is 19.9. The summed E-state index contributed by atoms with van der Waals surface area (Å²) in [5.41, 5.74) is 1.21. The van der Waals surface area contributed by atoms with E-state index in [9.17, 15) is 14.0 Å². The minimum absolute atomic E-state index is 0.0127. The molecule has 26 heavy (non-hydrogen) atoms. The number of nitrogens with zero attached hydrogens (tertiary/aromatic N) is 3. The molecule has 1 aliphatic rings. The molecule has 138 valence electrons. The van der Waals surface area contributed by atoms with Crippen molar-refractivity contribution in [2.45, 2.75) is 25.3 Å². The highest BCUT2D eigenvalue weighted by molar-refractivity contribution is 5.83. The molecule has 0 saturated carbocycles. The zero-order valence-corrected chi connectivity index (χ0v) is 14.2. The molecular formula is C18H20FN3O4. The third-order valence-electron chi connectivity index (χ3n) is 4.33. The number of ether oxygens (including phenoxy) is 1. The molecule has 8 heteroatoms. The van der Waals surface area contributed by atoms with Gasteiger partial charge in [-0.3, -0.25) is 9.59 Å². The third-order valence-corrected chi connectivity index (χ3v) is 4.33. The second-order valence-corrected chi connectivity index (χ2v) is 6.16. The van der Waals surface area contributed by atoms with Crippen molar-refractivity contribution in [3.63, 3.8) is 0 Å². The topological polar surface area (TPSA) is 84.7 Å². The summed E-state index contributed by atoms with van der Waals surface area (Å²) >= 11 is 0. The zero-order valence-electron chi connectivity index (χ0n) is 14.2. The number of carbonyl (C=O) groups excluding carboxylic acids is 1.